The van der Waals surface area contributed by atoms with E-state index in [0.29, 0.717) is 5.75 Å². The Bertz CT molecular complexity index is 621. The maximum atomic E-state index is 12.8. The van der Waals surface area contributed by atoms with Crippen LogP contribution in [0.1, 0.15) is 21.6 Å². The molecule has 0 aliphatic heterocycles. The highest BCUT2D eigenvalue weighted by atomic mass is 19.4. The van der Waals surface area contributed by atoms with Crippen molar-refractivity contribution in [2.45, 2.75) is 6.18 Å². The summed E-state index contributed by atoms with van der Waals surface area (Å²) in [6.07, 6.45) is -3.46. The van der Waals surface area contributed by atoms with Gasteiger partial charge in [0.25, 0.3) is 0 Å². The highest BCUT2D eigenvalue weighted by Gasteiger charge is 2.36. The van der Waals surface area contributed by atoms with Crippen molar-refractivity contribution in [1.29, 1.82) is 0 Å². The van der Waals surface area contributed by atoms with Crippen LogP contribution in [-0.4, -0.2) is 17.9 Å². The highest BCUT2D eigenvalue weighted by molar-refractivity contribution is 6.08. The first-order valence-electron chi connectivity index (χ1n) is 5.64. The van der Waals surface area contributed by atoms with Crippen molar-refractivity contribution in [3.8, 4) is 5.75 Å². The lowest BCUT2D eigenvalue weighted by Gasteiger charge is -2.10. The van der Waals surface area contributed by atoms with Gasteiger partial charge in [-0.25, -0.2) is 0 Å². The third kappa shape index (κ3) is 2.79. The number of carbonyl (C=O) groups excluding carboxylic acids is 1. The molecule has 0 aliphatic rings. The molecular weight excluding hydrogens is 271 g/mol. The van der Waals surface area contributed by atoms with Crippen molar-refractivity contribution in [3.63, 3.8) is 0 Å². The predicted molar refractivity (Wildman–Crippen MR) is 65.7 cm³/mol. The number of methoxy groups -OCH3 is 1. The van der Waals surface area contributed by atoms with Gasteiger partial charge in [-0.2, -0.15) is 13.2 Å². The molecule has 0 N–H and O–H groups in total. The molecule has 0 saturated carbocycles. The number of aromatic nitrogens is 1. The molecule has 104 valence electrons. The number of ether oxygens (including phenoxy) is 1. The lowest BCUT2D eigenvalue weighted by Crippen LogP contribution is -2.15. The van der Waals surface area contributed by atoms with Crippen LogP contribution in [0.2, 0.25) is 0 Å². The summed E-state index contributed by atoms with van der Waals surface area (Å²) >= 11 is 0. The van der Waals surface area contributed by atoms with Gasteiger partial charge in [-0.15, -0.1) is 0 Å². The Hall–Kier alpha value is -2.37. The average molecular weight is 281 g/mol. The molecule has 1 aromatic carbocycles. The number of halogens is 3. The van der Waals surface area contributed by atoms with Gasteiger partial charge >= 0.3 is 6.18 Å². The first-order valence-corrected chi connectivity index (χ1v) is 5.64. The average Bonchev–Trinajstić information content (AvgIpc) is 2.46. The second-order valence-corrected chi connectivity index (χ2v) is 3.95. The van der Waals surface area contributed by atoms with Crippen LogP contribution in [0.4, 0.5) is 13.2 Å². The molecule has 0 spiro atoms. The van der Waals surface area contributed by atoms with Crippen LogP contribution in [0.15, 0.2) is 42.6 Å². The van der Waals surface area contributed by atoms with E-state index in [2.05, 4.69) is 4.98 Å². The molecule has 3 nitrogen and oxygen atoms in total. The Morgan fingerprint density at radius 2 is 1.80 bits per heavy atom. The number of hydrogen-bond acceptors (Lipinski definition) is 3. The molecule has 0 atom stereocenters. The lowest BCUT2D eigenvalue weighted by molar-refractivity contribution is -0.138. The molecule has 0 bridgehead atoms. The van der Waals surface area contributed by atoms with E-state index in [4.69, 9.17) is 4.74 Å². The van der Waals surface area contributed by atoms with Crippen molar-refractivity contribution in [2.24, 2.45) is 0 Å². The number of nitrogens with zero attached hydrogens (tertiary/aromatic N) is 1. The molecule has 0 amide bonds. The standard InChI is InChI=1S/C14H10F3NO2/c1-20-10-6-4-9(5-7-10)13(19)12-11(14(15,16)17)3-2-8-18-12/h2-8H,1H3. The van der Waals surface area contributed by atoms with Crippen molar-refractivity contribution in [3.05, 3.63) is 59.4 Å². The Morgan fingerprint density at radius 3 is 2.35 bits per heavy atom. The molecule has 0 unspecified atom stereocenters. The Morgan fingerprint density at radius 1 is 1.15 bits per heavy atom. The fraction of sp³-hybridized carbons (Fsp3) is 0.143. The van der Waals surface area contributed by atoms with Crippen LogP contribution in [-0.2, 0) is 6.18 Å². The predicted octanol–water partition coefficient (Wildman–Crippen LogP) is 3.34. The van der Waals surface area contributed by atoms with Crippen LogP contribution in [0.5, 0.6) is 5.75 Å². The first-order chi connectivity index (χ1) is 9.43. The summed E-state index contributed by atoms with van der Waals surface area (Å²) in [6, 6.07) is 7.79. The molecule has 0 aliphatic carbocycles. The summed E-state index contributed by atoms with van der Waals surface area (Å²) in [5.41, 5.74) is -1.53. The SMILES string of the molecule is COc1ccc(C(=O)c2ncccc2C(F)(F)F)cc1. The van der Waals surface area contributed by atoms with Gasteiger partial charge in [-0.1, -0.05) is 0 Å². The molecule has 1 heterocycles. The molecule has 6 heteroatoms. The van der Waals surface area contributed by atoms with E-state index < -0.39 is 23.2 Å². The quantitative estimate of drug-likeness (QED) is 0.810. The maximum absolute atomic E-state index is 12.8. The van der Waals surface area contributed by atoms with E-state index in [1.54, 1.807) is 0 Å². The molecule has 0 radical (unpaired) electrons. The number of rotatable bonds is 3. The minimum atomic E-state index is -4.62. The topological polar surface area (TPSA) is 39.2 Å². The second-order valence-electron chi connectivity index (χ2n) is 3.95. The monoisotopic (exact) mass is 281 g/mol. The third-order valence-electron chi connectivity index (χ3n) is 2.68. The van der Waals surface area contributed by atoms with Crippen LogP contribution in [0.3, 0.4) is 0 Å². The molecule has 1 aromatic heterocycles. The van der Waals surface area contributed by atoms with Gasteiger partial charge in [0.1, 0.15) is 11.4 Å². The van der Waals surface area contributed by atoms with E-state index in [1.807, 2.05) is 0 Å². The molecule has 2 rings (SSSR count). The second kappa shape index (κ2) is 5.32. The van der Waals surface area contributed by atoms with Gasteiger partial charge < -0.3 is 4.74 Å². The lowest BCUT2D eigenvalue weighted by atomic mass is 10.0. The maximum Gasteiger partial charge on any atom is 0.418 e. The van der Waals surface area contributed by atoms with Crippen LogP contribution >= 0.6 is 0 Å². The Balaban J connectivity index is 2.43. The van der Waals surface area contributed by atoms with Crippen LogP contribution in [0.25, 0.3) is 0 Å². The van der Waals surface area contributed by atoms with Gasteiger partial charge in [-0.05, 0) is 36.4 Å². The summed E-state index contributed by atoms with van der Waals surface area (Å²) in [5, 5.41) is 0. The largest absolute Gasteiger partial charge is 0.497 e. The fourth-order valence-electron chi connectivity index (χ4n) is 1.69. The summed E-state index contributed by atoms with van der Waals surface area (Å²) < 4.78 is 43.4. The highest BCUT2D eigenvalue weighted by Crippen LogP contribution is 2.32. The molecule has 0 saturated heterocycles. The third-order valence-corrected chi connectivity index (χ3v) is 2.68. The van der Waals surface area contributed by atoms with Gasteiger partial charge in [-0.3, -0.25) is 9.78 Å². The van der Waals surface area contributed by atoms with Crippen LogP contribution in [0, 0.1) is 0 Å². The summed E-state index contributed by atoms with van der Waals surface area (Å²) in [5.74, 6) is -0.265. The van der Waals surface area contributed by atoms with Crippen molar-refractivity contribution in [2.75, 3.05) is 7.11 Å². The zero-order chi connectivity index (χ0) is 14.8. The molecule has 0 fully saturated rings. The van der Waals surface area contributed by atoms with E-state index in [0.717, 1.165) is 18.3 Å². The van der Waals surface area contributed by atoms with Gasteiger partial charge in [0.2, 0.25) is 5.78 Å². The molecule has 20 heavy (non-hydrogen) atoms. The number of hydrogen-bond donors (Lipinski definition) is 0. The Kier molecular flexibility index (Phi) is 3.74. The molecule has 2 aromatic rings. The number of pyridine rings is 1. The van der Waals surface area contributed by atoms with Gasteiger partial charge in [0, 0.05) is 11.8 Å². The van der Waals surface area contributed by atoms with E-state index in [-0.39, 0.29) is 5.56 Å². The number of alkyl halides is 3. The van der Waals surface area contributed by atoms with Gasteiger partial charge in [0.05, 0.1) is 12.7 Å². The van der Waals surface area contributed by atoms with Crippen LogP contribution < -0.4 is 4.74 Å². The Labute approximate surface area is 113 Å². The fourth-order valence-corrected chi connectivity index (χ4v) is 1.69. The minimum Gasteiger partial charge on any atom is -0.497 e. The van der Waals surface area contributed by atoms with E-state index >= 15 is 0 Å². The molecular formula is C14H10F3NO2. The zero-order valence-corrected chi connectivity index (χ0v) is 10.4. The van der Waals surface area contributed by atoms with Crippen molar-refractivity contribution in [1.82, 2.24) is 4.98 Å². The van der Waals surface area contributed by atoms with E-state index in [9.17, 15) is 18.0 Å². The number of benzene rings is 1. The van der Waals surface area contributed by atoms with E-state index in [1.165, 1.54) is 31.4 Å². The number of ketones is 1. The summed E-state index contributed by atoms with van der Waals surface area (Å²) in [6.45, 7) is 0. The smallest absolute Gasteiger partial charge is 0.418 e. The van der Waals surface area contributed by atoms with Crippen molar-refractivity contribution >= 4 is 5.78 Å². The first kappa shape index (κ1) is 14.0. The van der Waals surface area contributed by atoms with Gasteiger partial charge in [0.15, 0.2) is 0 Å². The minimum absolute atomic E-state index is 0.120. The van der Waals surface area contributed by atoms with Crippen molar-refractivity contribution < 1.29 is 22.7 Å². The number of carbonyl (C=O) groups is 1. The zero-order valence-electron chi connectivity index (χ0n) is 10.4. The summed E-state index contributed by atoms with van der Waals surface area (Å²) in [7, 11) is 1.46. The summed E-state index contributed by atoms with van der Waals surface area (Å²) in [4.78, 5) is 15.7. The normalized spacial score (nSPS) is 11.2.